The third kappa shape index (κ3) is 4.71. The lowest BCUT2D eigenvalue weighted by Gasteiger charge is -2.29. The summed E-state index contributed by atoms with van der Waals surface area (Å²) in [5, 5.41) is 3.62. The van der Waals surface area contributed by atoms with E-state index in [0.29, 0.717) is 18.1 Å². The molecular formula is C17H27NO2. The maximum Gasteiger partial charge on any atom is 0.121 e. The maximum atomic E-state index is 5.77. The first kappa shape index (κ1) is 15.2. The van der Waals surface area contributed by atoms with Crippen molar-refractivity contribution < 1.29 is 9.47 Å². The summed E-state index contributed by atoms with van der Waals surface area (Å²) in [5.41, 5.74) is 1.16. The van der Waals surface area contributed by atoms with Gasteiger partial charge in [-0.25, -0.2) is 0 Å². The van der Waals surface area contributed by atoms with Gasteiger partial charge in [0.25, 0.3) is 0 Å². The summed E-state index contributed by atoms with van der Waals surface area (Å²) in [6.45, 7) is 5.09. The van der Waals surface area contributed by atoms with Gasteiger partial charge in [0.15, 0.2) is 0 Å². The van der Waals surface area contributed by atoms with Crippen molar-refractivity contribution in [3.8, 4) is 5.75 Å². The van der Waals surface area contributed by atoms with Crippen molar-refractivity contribution in [1.29, 1.82) is 0 Å². The topological polar surface area (TPSA) is 30.5 Å². The van der Waals surface area contributed by atoms with Crippen molar-refractivity contribution in [1.82, 2.24) is 0 Å². The van der Waals surface area contributed by atoms with Gasteiger partial charge in [-0.1, -0.05) is 19.9 Å². The Bertz CT molecular complexity index is 398. The number of methoxy groups -OCH3 is 1. The van der Waals surface area contributed by atoms with Gasteiger partial charge in [-0.2, -0.15) is 0 Å². The van der Waals surface area contributed by atoms with E-state index >= 15 is 0 Å². The molecule has 0 heterocycles. The first-order chi connectivity index (χ1) is 9.67. The summed E-state index contributed by atoms with van der Waals surface area (Å²) < 4.78 is 11.2. The van der Waals surface area contributed by atoms with Gasteiger partial charge in [-0.15, -0.1) is 0 Å². The van der Waals surface area contributed by atoms with Crippen LogP contribution in [-0.4, -0.2) is 25.9 Å². The molecule has 1 aromatic rings. The first-order valence-corrected chi connectivity index (χ1v) is 7.69. The predicted octanol–water partition coefficient (Wildman–Crippen LogP) is 4.09. The Morgan fingerprint density at radius 3 is 2.60 bits per heavy atom. The molecule has 1 aliphatic carbocycles. The lowest BCUT2D eigenvalue weighted by molar-refractivity contribution is 0.0682. The largest absolute Gasteiger partial charge is 0.493 e. The number of ether oxygens (including phenoxy) is 2. The quantitative estimate of drug-likeness (QED) is 0.849. The number of rotatable bonds is 6. The molecule has 0 spiro atoms. The lowest BCUT2D eigenvalue weighted by Crippen LogP contribution is -2.29. The van der Waals surface area contributed by atoms with Crippen molar-refractivity contribution in [2.75, 3.05) is 19.0 Å². The van der Waals surface area contributed by atoms with E-state index in [1.54, 1.807) is 0 Å². The van der Waals surface area contributed by atoms with Gasteiger partial charge >= 0.3 is 0 Å². The standard InChI is InChI=1S/C17H27NO2/c1-13(2)12-20-17-6-4-5-15(11-17)18-14-7-9-16(19-3)10-8-14/h4-6,11,13-14,16,18H,7-10,12H2,1-3H3. The summed E-state index contributed by atoms with van der Waals surface area (Å²) in [4.78, 5) is 0. The second kappa shape index (κ2) is 7.53. The minimum atomic E-state index is 0.453. The predicted molar refractivity (Wildman–Crippen MR) is 83.5 cm³/mol. The highest BCUT2D eigenvalue weighted by Crippen LogP contribution is 2.25. The number of benzene rings is 1. The number of anilines is 1. The van der Waals surface area contributed by atoms with Crippen LogP contribution in [0.25, 0.3) is 0 Å². The molecule has 3 nitrogen and oxygen atoms in total. The van der Waals surface area contributed by atoms with Crippen LogP contribution >= 0.6 is 0 Å². The van der Waals surface area contributed by atoms with Crippen LogP contribution in [0, 0.1) is 5.92 Å². The van der Waals surface area contributed by atoms with Gasteiger partial charge in [0, 0.05) is 24.9 Å². The summed E-state index contributed by atoms with van der Waals surface area (Å²) in [7, 11) is 1.81. The second-order valence-electron chi connectivity index (χ2n) is 6.09. The molecule has 0 bridgehead atoms. The van der Waals surface area contributed by atoms with Crippen LogP contribution in [0.15, 0.2) is 24.3 Å². The zero-order valence-electron chi connectivity index (χ0n) is 12.9. The molecule has 0 amide bonds. The van der Waals surface area contributed by atoms with Gasteiger partial charge in [0.2, 0.25) is 0 Å². The minimum Gasteiger partial charge on any atom is -0.493 e. The molecular weight excluding hydrogens is 250 g/mol. The van der Waals surface area contributed by atoms with E-state index in [4.69, 9.17) is 9.47 Å². The summed E-state index contributed by atoms with van der Waals surface area (Å²) in [6.07, 6.45) is 5.11. The monoisotopic (exact) mass is 277 g/mol. The van der Waals surface area contributed by atoms with Crippen molar-refractivity contribution in [3.63, 3.8) is 0 Å². The molecule has 0 radical (unpaired) electrons. The van der Waals surface area contributed by atoms with Crippen molar-refractivity contribution >= 4 is 5.69 Å². The molecule has 0 unspecified atom stereocenters. The fraction of sp³-hybridized carbons (Fsp3) is 0.647. The molecule has 2 rings (SSSR count). The summed E-state index contributed by atoms with van der Waals surface area (Å²) in [6, 6.07) is 8.85. The highest BCUT2D eigenvalue weighted by molar-refractivity contribution is 5.48. The Hall–Kier alpha value is -1.22. The van der Waals surface area contributed by atoms with Crippen molar-refractivity contribution in [2.24, 2.45) is 5.92 Å². The van der Waals surface area contributed by atoms with E-state index in [0.717, 1.165) is 30.9 Å². The lowest BCUT2D eigenvalue weighted by atomic mass is 9.93. The highest BCUT2D eigenvalue weighted by atomic mass is 16.5. The van der Waals surface area contributed by atoms with Crippen LogP contribution in [0.5, 0.6) is 5.75 Å². The van der Waals surface area contributed by atoms with E-state index < -0.39 is 0 Å². The zero-order valence-corrected chi connectivity index (χ0v) is 12.9. The molecule has 1 aromatic carbocycles. The van der Waals surface area contributed by atoms with Gasteiger partial charge in [-0.3, -0.25) is 0 Å². The molecule has 1 N–H and O–H groups in total. The fourth-order valence-corrected chi connectivity index (χ4v) is 2.62. The molecule has 0 aliphatic heterocycles. The van der Waals surface area contributed by atoms with E-state index in [-0.39, 0.29) is 0 Å². The minimum absolute atomic E-state index is 0.453. The molecule has 0 atom stereocenters. The second-order valence-corrected chi connectivity index (χ2v) is 6.09. The Balaban J connectivity index is 1.85. The van der Waals surface area contributed by atoms with E-state index in [1.165, 1.54) is 12.8 Å². The van der Waals surface area contributed by atoms with Gasteiger partial charge in [0.1, 0.15) is 5.75 Å². The van der Waals surface area contributed by atoms with Crippen LogP contribution in [0.4, 0.5) is 5.69 Å². The smallest absolute Gasteiger partial charge is 0.121 e. The van der Waals surface area contributed by atoms with Crippen LogP contribution in [0.1, 0.15) is 39.5 Å². The van der Waals surface area contributed by atoms with Crippen LogP contribution in [-0.2, 0) is 4.74 Å². The van der Waals surface area contributed by atoms with Crippen LogP contribution in [0.3, 0.4) is 0 Å². The Kier molecular flexibility index (Phi) is 5.72. The normalized spacial score (nSPS) is 22.8. The van der Waals surface area contributed by atoms with E-state index in [9.17, 15) is 0 Å². The fourth-order valence-electron chi connectivity index (χ4n) is 2.62. The summed E-state index contributed by atoms with van der Waals surface area (Å²) >= 11 is 0. The number of nitrogens with one attached hydrogen (secondary N) is 1. The molecule has 0 saturated heterocycles. The van der Waals surface area contributed by atoms with Gasteiger partial charge < -0.3 is 14.8 Å². The van der Waals surface area contributed by atoms with Crippen LogP contribution in [0.2, 0.25) is 0 Å². The molecule has 3 heteroatoms. The summed E-state index contributed by atoms with van der Waals surface area (Å²) in [5.74, 6) is 1.50. The van der Waals surface area contributed by atoms with Crippen molar-refractivity contribution in [3.05, 3.63) is 24.3 Å². The Morgan fingerprint density at radius 2 is 1.95 bits per heavy atom. The molecule has 112 valence electrons. The van der Waals surface area contributed by atoms with E-state index in [1.807, 2.05) is 13.2 Å². The average Bonchev–Trinajstić information content (AvgIpc) is 2.46. The van der Waals surface area contributed by atoms with Crippen LogP contribution < -0.4 is 10.1 Å². The third-order valence-corrected chi connectivity index (χ3v) is 3.80. The van der Waals surface area contributed by atoms with Gasteiger partial charge in [0.05, 0.1) is 12.7 Å². The third-order valence-electron chi connectivity index (χ3n) is 3.80. The highest BCUT2D eigenvalue weighted by Gasteiger charge is 2.20. The Labute approximate surface area is 122 Å². The zero-order chi connectivity index (χ0) is 14.4. The number of hydrogen-bond acceptors (Lipinski definition) is 3. The SMILES string of the molecule is COC1CCC(Nc2cccc(OCC(C)C)c2)CC1. The maximum absolute atomic E-state index is 5.77. The number of hydrogen-bond donors (Lipinski definition) is 1. The van der Waals surface area contributed by atoms with Crippen molar-refractivity contribution in [2.45, 2.75) is 51.7 Å². The molecule has 1 saturated carbocycles. The molecule has 1 fully saturated rings. The van der Waals surface area contributed by atoms with Gasteiger partial charge in [-0.05, 0) is 43.7 Å². The van der Waals surface area contributed by atoms with E-state index in [2.05, 4.69) is 37.4 Å². The molecule has 0 aromatic heterocycles. The molecule has 20 heavy (non-hydrogen) atoms. The first-order valence-electron chi connectivity index (χ1n) is 7.69. The molecule has 1 aliphatic rings. The Morgan fingerprint density at radius 1 is 1.20 bits per heavy atom. The average molecular weight is 277 g/mol.